The lowest BCUT2D eigenvalue weighted by atomic mass is 9.97. The molecule has 0 saturated heterocycles. The maximum atomic E-state index is 12.0. The molecule has 0 aliphatic heterocycles. The number of aryl methyl sites for hydroxylation is 1. The van der Waals surface area contributed by atoms with Crippen LogP contribution in [0, 0.1) is 0 Å². The van der Waals surface area contributed by atoms with E-state index in [9.17, 15) is 9.90 Å². The molecule has 0 aliphatic rings. The minimum atomic E-state index is -0.924. The number of hydrogen-bond acceptors (Lipinski definition) is 3. The Hall–Kier alpha value is -3.73. The van der Waals surface area contributed by atoms with E-state index in [4.69, 9.17) is 4.98 Å². The smallest absolute Gasteiger partial charge is 0.336 e. The van der Waals surface area contributed by atoms with Crippen molar-refractivity contribution in [3.8, 4) is 22.5 Å². The first kappa shape index (κ1) is 20.5. The van der Waals surface area contributed by atoms with Crippen molar-refractivity contribution in [2.45, 2.75) is 32.7 Å². The maximum Gasteiger partial charge on any atom is 0.336 e. The van der Waals surface area contributed by atoms with Gasteiger partial charge in [0.15, 0.2) is 0 Å². The summed E-state index contributed by atoms with van der Waals surface area (Å²) >= 11 is 0. The van der Waals surface area contributed by atoms with Crippen LogP contribution in [0.15, 0.2) is 79.1 Å². The molecule has 1 N–H and O–H groups in total. The van der Waals surface area contributed by atoms with E-state index in [1.54, 1.807) is 12.3 Å². The van der Waals surface area contributed by atoms with Crippen molar-refractivity contribution in [1.29, 1.82) is 0 Å². The van der Waals surface area contributed by atoms with Crippen LogP contribution < -0.4 is 0 Å². The van der Waals surface area contributed by atoms with E-state index < -0.39 is 5.97 Å². The number of carboxylic acids is 1. The van der Waals surface area contributed by atoms with Crippen molar-refractivity contribution >= 4 is 5.97 Å². The molecule has 0 amide bonds. The Bertz CT molecular complexity index is 1170. The van der Waals surface area contributed by atoms with Crippen LogP contribution >= 0.6 is 0 Å². The maximum absolute atomic E-state index is 12.0. The molecule has 2 aromatic heterocycles. The van der Waals surface area contributed by atoms with Crippen molar-refractivity contribution in [3.05, 3.63) is 96.1 Å². The van der Waals surface area contributed by atoms with Gasteiger partial charge in [-0.3, -0.25) is 4.98 Å². The van der Waals surface area contributed by atoms with Crippen LogP contribution in [-0.4, -0.2) is 25.6 Å². The largest absolute Gasteiger partial charge is 0.478 e. The zero-order valence-electron chi connectivity index (χ0n) is 17.5. The molecule has 5 nitrogen and oxygen atoms in total. The molecule has 4 rings (SSSR count). The fourth-order valence-corrected chi connectivity index (χ4v) is 3.70. The lowest BCUT2D eigenvalue weighted by Gasteiger charge is -2.11. The molecule has 5 heteroatoms. The minimum absolute atomic E-state index is 0.309. The average Bonchev–Trinajstić information content (AvgIpc) is 3.21. The fraction of sp³-hybridized carbons (Fsp3) is 0.192. The van der Waals surface area contributed by atoms with Crippen LogP contribution in [0.1, 0.15) is 41.5 Å². The van der Waals surface area contributed by atoms with E-state index >= 15 is 0 Å². The second kappa shape index (κ2) is 9.39. The van der Waals surface area contributed by atoms with Crippen LogP contribution in [0.2, 0.25) is 0 Å². The highest BCUT2D eigenvalue weighted by atomic mass is 16.4. The molecule has 0 spiro atoms. The van der Waals surface area contributed by atoms with E-state index in [2.05, 4.69) is 16.5 Å². The van der Waals surface area contributed by atoms with Crippen LogP contribution in [-0.2, 0) is 13.0 Å². The number of pyridine rings is 1. The molecule has 4 aromatic rings. The Morgan fingerprint density at radius 2 is 1.81 bits per heavy atom. The summed E-state index contributed by atoms with van der Waals surface area (Å²) in [6.07, 6.45) is 6.78. The lowest BCUT2D eigenvalue weighted by molar-refractivity contribution is 0.0697. The van der Waals surface area contributed by atoms with Gasteiger partial charge >= 0.3 is 5.97 Å². The number of unbranched alkanes of at least 4 members (excludes halogenated alkanes) is 1. The highest BCUT2D eigenvalue weighted by Gasteiger charge is 2.15. The SMILES string of the molecule is CCCCc1nc(-c2ccccn2)cn1Cc1ccc(-c2ccccc2)c(C(=O)O)c1. The third kappa shape index (κ3) is 4.72. The molecule has 0 aliphatic carbocycles. The molecule has 0 unspecified atom stereocenters. The molecule has 0 saturated carbocycles. The number of rotatable bonds is 8. The van der Waals surface area contributed by atoms with Crippen LogP contribution in [0.5, 0.6) is 0 Å². The molecule has 2 aromatic carbocycles. The van der Waals surface area contributed by atoms with Crippen molar-refractivity contribution in [2.75, 3.05) is 0 Å². The monoisotopic (exact) mass is 411 g/mol. The Kier molecular flexibility index (Phi) is 6.22. The number of hydrogen-bond donors (Lipinski definition) is 1. The third-order valence-corrected chi connectivity index (χ3v) is 5.29. The van der Waals surface area contributed by atoms with E-state index in [1.807, 2.05) is 66.9 Å². The first-order chi connectivity index (χ1) is 15.2. The van der Waals surface area contributed by atoms with Crippen molar-refractivity contribution < 1.29 is 9.90 Å². The molecule has 31 heavy (non-hydrogen) atoms. The molecule has 0 bridgehead atoms. The predicted molar refractivity (Wildman–Crippen MR) is 122 cm³/mol. The molecule has 156 valence electrons. The number of carbonyl (C=O) groups is 1. The van der Waals surface area contributed by atoms with Gasteiger partial charge in [-0.25, -0.2) is 9.78 Å². The van der Waals surface area contributed by atoms with Gasteiger partial charge in [-0.05, 0) is 41.3 Å². The normalized spacial score (nSPS) is 10.9. The van der Waals surface area contributed by atoms with Crippen LogP contribution in [0.3, 0.4) is 0 Å². The van der Waals surface area contributed by atoms with Gasteiger partial charge in [-0.2, -0.15) is 0 Å². The molecule has 0 radical (unpaired) electrons. The average molecular weight is 412 g/mol. The first-order valence-electron chi connectivity index (χ1n) is 10.5. The van der Waals surface area contributed by atoms with Gasteiger partial charge in [0.25, 0.3) is 0 Å². The molecule has 0 fully saturated rings. The molecule has 2 heterocycles. The Balaban J connectivity index is 1.69. The van der Waals surface area contributed by atoms with Gasteiger partial charge < -0.3 is 9.67 Å². The summed E-state index contributed by atoms with van der Waals surface area (Å²) in [5.74, 6) is 0.0678. The Morgan fingerprint density at radius 3 is 2.52 bits per heavy atom. The number of aromatic carboxylic acids is 1. The number of nitrogens with zero attached hydrogens (tertiary/aromatic N) is 3. The van der Waals surface area contributed by atoms with E-state index in [0.717, 1.165) is 53.2 Å². The molecule has 0 atom stereocenters. The van der Waals surface area contributed by atoms with E-state index in [1.165, 1.54) is 0 Å². The Labute approximate surface area is 182 Å². The summed E-state index contributed by atoms with van der Waals surface area (Å²) in [6, 6.07) is 21.1. The molecular formula is C26H25N3O2. The number of imidazole rings is 1. The highest BCUT2D eigenvalue weighted by molar-refractivity contribution is 5.96. The van der Waals surface area contributed by atoms with E-state index in [-0.39, 0.29) is 0 Å². The quantitative estimate of drug-likeness (QED) is 0.404. The summed E-state index contributed by atoms with van der Waals surface area (Å²) in [5.41, 5.74) is 4.54. The van der Waals surface area contributed by atoms with Crippen molar-refractivity contribution in [3.63, 3.8) is 0 Å². The standard InChI is InChI=1S/C26H25N3O2/c1-2-3-12-25-28-24(23-11-7-8-15-27-23)18-29(25)17-19-13-14-21(22(16-19)26(30)31)20-9-5-4-6-10-20/h4-11,13-16,18H,2-3,12,17H2,1H3,(H,30,31). The lowest BCUT2D eigenvalue weighted by Crippen LogP contribution is -2.07. The van der Waals surface area contributed by atoms with Crippen molar-refractivity contribution in [1.82, 2.24) is 14.5 Å². The summed E-state index contributed by atoms with van der Waals surface area (Å²) in [7, 11) is 0. The van der Waals surface area contributed by atoms with Gasteiger partial charge in [0.2, 0.25) is 0 Å². The zero-order chi connectivity index (χ0) is 21.6. The first-order valence-corrected chi connectivity index (χ1v) is 10.5. The summed E-state index contributed by atoms with van der Waals surface area (Å²) < 4.78 is 2.11. The fourth-order valence-electron chi connectivity index (χ4n) is 3.70. The van der Waals surface area contributed by atoms with Gasteiger partial charge in [-0.1, -0.05) is 61.9 Å². The highest BCUT2D eigenvalue weighted by Crippen LogP contribution is 2.26. The second-order valence-electron chi connectivity index (χ2n) is 7.54. The zero-order valence-corrected chi connectivity index (χ0v) is 17.5. The number of aromatic nitrogens is 3. The van der Waals surface area contributed by atoms with Crippen molar-refractivity contribution in [2.24, 2.45) is 0 Å². The van der Waals surface area contributed by atoms with Crippen LogP contribution in [0.25, 0.3) is 22.5 Å². The minimum Gasteiger partial charge on any atom is -0.478 e. The summed E-state index contributed by atoms with van der Waals surface area (Å²) in [5, 5.41) is 9.81. The summed E-state index contributed by atoms with van der Waals surface area (Å²) in [6.45, 7) is 2.72. The van der Waals surface area contributed by atoms with Gasteiger partial charge in [0.05, 0.1) is 11.3 Å². The summed E-state index contributed by atoms with van der Waals surface area (Å²) in [4.78, 5) is 21.2. The second-order valence-corrected chi connectivity index (χ2v) is 7.54. The van der Waals surface area contributed by atoms with Gasteiger partial charge in [0.1, 0.15) is 11.5 Å². The topological polar surface area (TPSA) is 68.0 Å². The Morgan fingerprint density at radius 1 is 1.00 bits per heavy atom. The van der Waals surface area contributed by atoms with Crippen LogP contribution in [0.4, 0.5) is 0 Å². The third-order valence-electron chi connectivity index (χ3n) is 5.29. The van der Waals surface area contributed by atoms with Gasteiger partial charge in [-0.15, -0.1) is 0 Å². The number of benzene rings is 2. The molecular weight excluding hydrogens is 386 g/mol. The number of carboxylic acid groups (broad SMARTS) is 1. The van der Waals surface area contributed by atoms with E-state index in [0.29, 0.717) is 12.1 Å². The van der Waals surface area contributed by atoms with Gasteiger partial charge in [0, 0.05) is 25.4 Å². The predicted octanol–water partition coefficient (Wildman–Crippen LogP) is 5.70.